The van der Waals surface area contributed by atoms with E-state index in [2.05, 4.69) is 303 Å². The lowest BCUT2D eigenvalue weighted by atomic mass is 9.79. The van der Waals surface area contributed by atoms with Crippen molar-refractivity contribution in [2.24, 2.45) is 0 Å². The molecule has 1 aliphatic carbocycles. The van der Waals surface area contributed by atoms with Gasteiger partial charge in [-0.25, -0.2) is 0 Å². The van der Waals surface area contributed by atoms with Crippen LogP contribution in [0.15, 0.2) is 279 Å². The van der Waals surface area contributed by atoms with Gasteiger partial charge in [-0.1, -0.05) is 238 Å². The van der Waals surface area contributed by atoms with Gasteiger partial charge in [0.25, 0.3) is 0 Å². The van der Waals surface area contributed by atoms with E-state index in [1.165, 1.54) is 72.4 Å². The van der Waals surface area contributed by atoms with Crippen LogP contribution in [0.2, 0.25) is 0 Å². The Bertz CT molecular complexity index is 3520. The van der Waals surface area contributed by atoms with Gasteiger partial charge in [0, 0.05) is 39.3 Å². The standard InChI is InChI=1S/C69H52N2/c1-69(2)65-29-17-15-28-63(65)64-48-47-62(68(67(64)69)71(60-43-35-54(36-44-60)51-23-11-5-12-24-51)66-30-18-16-27-61(66)55-25-13-6-14-26-55)56-37-45-59(46-38-56)70(57-39-31-52(32-40-57)49-19-7-3-8-20-49)58-41-33-53(34-42-58)50-21-9-4-10-22-50/h3-48H,1-2H3. The third-order valence-corrected chi connectivity index (χ3v) is 14.3. The van der Waals surface area contributed by atoms with Crippen molar-refractivity contribution < 1.29 is 0 Å². The highest BCUT2D eigenvalue weighted by Gasteiger charge is 2.40. The van der Waals surface area contributed by atoms with E-state index in [0.29, 0.717) is 0 Å². The molecule has 0 atom stereocenters. The van der Waals surface area contributed by atoms with Crippen molar-refractivity contribution in [3.8, 4) is 66.8 Å². The molecule has 0 saturated carbocycles. The van der Waals surface area contributed by atoms with Crippen molar-refractivity contribution >= 4 is 34.1 Å². The maximum absolute atomic E-state index is 2.54. The van der Waals surface area contributed by atoms with Crippen LogP contribution in [0.25, 0.3) is 66.8 Å². The van der Waals surface area contributed by atoms with Crippen LogP contribution < -0.4 is 9.80 Å². The van der Waals surface area contributed by atoms with Gasteiger partial charge < -0.3 is 9.80 Å². The largest absolute Gasteiger partial charge is 0.311 e. The van der Waals surface area contributed by atoms with E-state index in [4.69, 9.17) is 0 Å². The fraction of sp³-hybridized carbons (Fsp3) is 0.0435. The molecule has 0 saturated heterocycles. The van der Waals surface area contributed by atoms with Crippen molar-refractivity contribution in [1.29, 1.82) is 0 Å². The van der Waals surface area contributed by atoms with Crippen LogP contribution in [0.3, 0.4) is 0 Å². The maximum Gasteiger partial charge on any atom is 0.0587 e. The van der Waals surface area contributed by atoms with Crippen LogP contribution in [0, 0.1) is 0 Å². The predicted molar refractivity (Wildman–Crippen MR) is 301 cm³/mol. The van der Waals surface area contributed by atoms with E-state index in [1.807, 2.05) is 0 Å². The summed E-state index contributed by atoms with van der Waals surface area (Å²) in [6, 6.07) is 102. The first-order valence-corrected chi connectivity index (χ1v) is 24.6. The molecule has 0 unspecified atom stereocenters. The summed E-state index contributed by atoms with van der Waals surface area (Å²) < 4.78 is 0. The third-order valence-electron chi connectivity index (χ3n) is 14.3. The summed E-state index contributed by atoms with van der Waals surface area (Å²) >= 11 is 0. The predicted octanol–water partition coefficient (Wildman–Crippen LogP) is 19.3. The Kier molecular flexibility index (Phi) is 11.3. The van der Waals surface area contributed by atoms with Gasteiger partial charge in [-0.15, -0.1) is 0 Å². The molecule has 11 aromatic rings. The minimum absolute atomic E-state index is 0.310. The fourth-order valence-electron chi connectivity index (χ4n) is 10.8. The Hall–Kier alpha value is -8.98. The molecule has 0 bridgehead atoms. The zero-order chi connectivity index (χ0) is 47.7. The van der Waals surface area contributed by atoms with Crippen molar-refractivity contribution in [2.45, 2.75) is 19.3 Å². The molecule has 0 spiro atoms. The molecular weight excluding hydrogens is 857 g/mol. The first kappa shape index (κ1) is 43.3. The van der Waals surface area contributed by atoms with Gasteiger partial charge in [0.1, 0.15) is 0 Å². The Morgan fingerprint density at radius 3 is 1.03 bits per heavy atom. The van der Waals surface area contributed by atoms with E-state index < -0.39 is 0 Å². The minimum Gasteiger partial charge on any atom is -0.311 e. The third kappa shape index (κ3) is 8.10. The number of hydrogen-bond donors (Lipinski definition) is 0. The lowest BCUT2D eigenvalue weighted by Gasteiger charge is -2.35. The average molecular weight is 909 g/mol. The first-order chi connectivity index (χ1) is 35.0. The second kappa shape index (κ2) is 18.5. The van der Waals surface area contributed by atoms with Gasteiger partial charge >= 0.3 is 0 Å². The quantitative estimate of drug-likeness (QED) is 0.128. The summed E-state index contributed by atoms with van der Waals surface area (Å²) in [5, 5.41) is 0. The molecule has 2 nitrogen and oxygen atoms in total. The highest BCUT2D eigenvalue weighted by Crippen LogP contribution is 2.58. The van der Waals surface area contributed by atoms with Crippen LogP contribution in [0.4, 0.5) is 34.1 Å². The lowest BCUT2D eigenvalue weighted by Crippen LogP contribution is -2.22. The van der Waals surface area contributed by atoms with Gasteiger partial charge in [-0.2, -0.15) is 0 Å². The topological polar surface area (TPSA) is 6.48 Å². The molecule has 1 aliphatic rings. The monoisotopic (exact) mass is 908 g/mol. The van der Waals surface area contributed by atoms with Gasteiger partial charge in [0.05, 0.1) is 11.4 Å². The van der Waals surface area contributed by atoms with Crippen LogP contribution in [0.5, 0.6) is 0 Å². The molecule has 12 rings (SSSR count). The summed E-state index contributed by atoms with van der Waals surface area (Å²) in [7, 11) is 0. The van der Waals surface area contributed by atoms with Crippen molar-refractivity contribution in [3.63, 3.8) is 0 Å². The molecule has 0 N–H and O–H groups in total. The van der Waals surface area contributed by atoms with E-state index >= 15 is 0 Å². The van der Waals surface area contributed by atoms with Crippen molar-refractivity contribution in [3.05, 3.63) is 290 Å². The maximum atomic E-state index is 2.54. The van der Waals surface area contributed by atoms with E-state index in [1.54, 1.807) is 0 Å². The molecule has 0 radical (unpaired) electrons. The average Bonchev–Trinajstić information content (AvgIpc) is 3.68. The summed E-state index contributed by atoms with van der Waals surface area (Å²) in [5.74, 6) is 0. The lowest BCUT2D eigenvalue weighted by molar-refractivity contribution is 0.661. The highest BCUT2D eigenvalue weighted by atomic mass is 15.2. The summed E-state index contributed by atoms with van der Waals surface area (Å²) in [6.45, 7) is 4.80. The molecule has 71 heavy (non-hydrogen) atoms. The molecule has 2 heteroatoms. The van der Waals surface area contributed by atoms with Crippen molar-refractivity contribution in [1.82, 2.24) is 0 Å². The van der Waals surface area contributed by atoms with Crippen LogP contribution in [-0.4, -0.2) is 0 Å². The molecular formula is C69H52N2. The second-order valence-corrected chi connectivity index (χ2v) is 18.9. The summed E-state index contributed by atoms with van der Waals surface area (Å²) in [6.07, 6.45) is 0. The molecule has 0 heterocycles. The van der Waals surface area contributed by atoms with Gasteiger partial charge in [0.15, 0.2) is 0 Å². The first-order valence-electron chi connectivity index (χ1n) is 24.6. The van der Waals surface area contributed by atoms with E-state index in [0.717, 1.165) is 39.6 Å². The number of para-hydroxylation sites is 1. The number of benzene rings is 11. The Balaban J connectivity index is 1.04. The number of rotatable bonds is 11. The zero-order valence-corrected chi connectivity index (χ0v) is 40.0. The molecule has 0 aliphatic heterocycles. The Morgan fingerprint density at radius 2 is 0.563 bits per heavy atom. The summed E-state index contributed by atoms with van der Waals surface area (Å²) in [5.41, 5.74) is 23.3. The Morgan fingerprint density at radius 1 is 0.239 bits per heavy atom. The van der Waals surface area contributed by atoms with Crippen LogP contribution in [-0.2, 0) is 5.41 Å². The number of nitrogens with zero attached hydrogens (tertiary/aromatic N) is 2. The zero-order valence-electron chi connectivity index (χ0n) is 40.0. The minimum atomic E-state index is -0.310. The molecule has 338 valence electrons. The Labute approximate surface area is 418 Å². The molecule has 0 fully saturated rings. The molecule has 0 aromatic heterocycles. The van der Waals surface area contributed by atoms with Crippen molar-refractivity contribution in [2.75, 3.05) is 9.80 Å². The van der Waals surface area contributed by atoms with E-state index in [9.17, 15) is 0 Å². The van der Waals surface area contributed by atoms with E-state index in [-0.39, 0.29) is 5.41 Å². The normalized spacial score (nSPS) is 12.2. The number of hydrogen-bond acceptors (Lipinski definition) is 2. The second-order valence-electron chi connectivity index (χ2n) is 18.9. The fourth-order valence-corrected chi connectivity index (χ4v) is 10.8. The smallest absolute Gasteiger partial charge is 0.0587 e. The van der Waals surface area contributed by atoms with Gasteiger partial charge in [-0.3, -0.25) is 0 Å². The molecule has 11 aromatic carbocycles. The van der Waals surface area contributed by atoms with Crippen LogP contribution >= 0.6 is 0 Å². The SMILES string of the molecule is CC1(C)c2ccccc2-c2ccc(-c3ccc(N(c4ccc(-c5ccccc5)cc4)c4ccc(-c5ccccc5)cc4)cc3)c(N(c3ccc(-c4ccccc4)cc3)c3ccccc3-c3ccccc3)c21. The molecule has 0 amide bonds. The van der Waals surface area contributed by atoms with Crippen LogP contribution in [0.1, 0.15) is 25.0 Å². The number of fused-ring (bicyclic) bond motifs is 3. The highest BCUT2D eigenvalue weighted by molar-refractivity contribution is 6.01. The van der Waals surface area contributed by atoms with Gasteiger partial charge in [0.2, 0.25) is 0 Å². The summed E-state index contributed by atoms with van der Waals surface area (Å²) in [4.78, 5) is 4.91. The number of anilines is 6. The van der Waals surface area contributed by atoms with Gasteiger partial charge in [-0.05, 0) is 121 Å².